The molecule has 0 saturated carbocycles. The van der Waals surface area contributed by atoms with Crippen LogP contribution < -0.4 is 10.6 Å². The van der Waals surface area contributed by atoms with Crippen molar-refractivity contribution >= 4 is 17.0 Å². The fourth-order valence-electron chi connectivity index (χ4n) is 0.900. The Morgan fingerprint density at radius 3 is 1.56 bits per heavy atom. The lowest BCUT2D eigenvalue weighted by Crippen LogP contribution is -2.51. The number of halogens is 1. The van der Waals surface area contributed by atoms with Gasteiger partial charge in [-0.15, -0.1) is 17.0 Å². The smallest absolute Gasteiger partial charge is 0.0164 e. The highest BCUT2D eigenvalue weighted by atomic mass is 79.9. The standard InChI is InChI=1S/C6H14N2.BrH/c1-5-3-8-6(2)4-7-5;/h5-8H,3-4H2,1-2H3;1H. The maximum atomic E-state index is 3.37. The van der Waals surface area contributed by atoms with Crippen LogP contribution in [0.25, 0.3) is 0 Å². The molecule has 0 aromatic carbocycles. The summed E-state index contributed by atoms with van der Waals surface area (Å²) in [6, 6.07) is 1.32. The largest absolute Gasteiger partial charge is 0.311 e. The lowest BCUT2D eigenvalue weighted by atomic mass is 10.2. The zero-order valence-electron chi connectivity index (χ0n) is 5.98. The van der Waals surface area contributed by atoms with Crippen LogP contribution in [0.5, 0.6) is 0 Å². The van der Waals surface area contributed by atoms with E-state index >= 15 is 0 Å². The molecule has 1 aliphatic heterocycles. The first-order valence-corrected chi connectivity index (χ1v) is 3.26. The predicted octanol–water partition coefficient (Wildman–Crippen LogP) is 0.534. The Labute approximate surface area is 67.2 Å². The summed E-state index contributed by atoms with van der Waals surface area (Å²) in [7, 11) is 0. The van der Waals surface area contributed by atoms with Gasteiger partial charge in [0.25, 0.3) is 0 Å². The van der Waals surface area contributed by atoms with E-state index in [1.165, 1.54) is 0 Å². The van der Waals surface area contributed by atoms with Crippen LogP contribution in [-0.2, 0) is 0 Å². The van der Waals surface area contributed by atoms with Gasteiger partial charge in [0.15, 0.2) is 0 Å². The van der Waals surface area contributed by atoms with Crippen LogP contribution in [0.4, 0.5) is 0 Å². The van der Waals surface area contributed by atoms with Crippen molar-refractivity contribution in [1.29, 1.82) is 0 Å². The molecule has 56 valence electrons. The van der Waals surface area contributed by atoms with E-state index in [0.29, 0.717) is 12.1 Å². The summed E-state index contributed by atoms with van der Waals surface area (Å²) in [5.74, 6) is 0. The van der Waals surface area contributed by atoms with Gasteiger partial charge in [-0.3, -0.25) is 0 Å². The highest BCUT2D eigenvalue weighted by molar-refractivity contribution is 8.93. The third-order valence-electron chi connectivity index (χ3n) is 1.54. The summed E-state index contributed by atoms with van der Waals surface area (Å²) in [5.41, 5.74) is 0. The van der Waals surface area contributed by atoms with Gasteiger partial charge < -0.3 is 10.6 Å². The molecule has 2 N–H and O–H groups in total. The highest BCUT2D eigenvalue weighted by Gasteiger charge is 2.10. The number of nitrogens with one attached hydrogen (secondary N) is 2. The Hall–Kier alpha value is 0.400. The minimum atomic E-state index is 0. The van der Waals surface area contributed by atoms with Gasteiger partial charge >= 0.3 is 0 Å². The molecule has 9 heavy (non-hydrogen) atoms. The first-order valence-electron chi connectivity index (χ1n) is 3.26. The van der Waals surface area contributed by atoms with Crippen LogP contribution in [0.15, 0.2) is 0 Å². The summed E-state index contributed by atoms with van der Waals surface area (Å²) < 4.78 is 0. The second kappa shape index (κ2) is 4.25. The van der Waals surface area contributed by atoms with Crippen molar-refractivity contribution in [3.05, 3.63) is 0 Å². The molecule has 2 nitrogen and oxygen atoms in total. The van der Waals surface area contributed by atoms with Crippen molar-refractivity contribution in [3.63, 3.8) is 0 Å². The summed E-state index contributed by atoms with van der Waals surface area (Å²) in [6.45, 7) is 6.61. The molecule has 1 aliphatic rings. The first-order chi connectivity index (χ1) is 3.79. The summed E-state index contributed by atoms with van der Waals surface area (Å²) in [5, 5.41) is 6.74. The van der Waals surface area contributed by atoms with Crippen LogP contribution in [0.2, 0.25) is 0 Å². The Morgan fingerprint density at radius 1 is 1.00 bits per heavy atom. The molecule has 1 fully saturated rings. The molecule has 2 unspecified atom stereocenters. The fourth-order valence-corrected chi connectivity index (χ4v) is 0.900. The Balaban J connectivity index is 0.000000640. The lowest BCUT2D eigenvalue weighted by Gasteiger charge is -2.26. The zero-order valence-corrected chi connectivity index (χ0v) is 7.69. The van der Waals surface area contributed by atoms with Crippen LogP contribution >= 0.6 is 17.0 Å². The van der Waals surface area contributed by atoms with Gasteiger partial charge in [-0.1, -0.05) is 0 Å². The normalized spacial score (nSPS) is 35.3. The van der Waals surface area contributed by atoms with Crippen molar-refractivity contribution in [2.45, 2.75) is 25.9 Å². The highest BCUT2D eigenvalue weighted by Crippen LogP contribution is 1.89. The second-order valence-electron chi connectivity index (χ2n) is 2.62. The van der Waals surface area contributed by atoms with Gasteiger partial charge in [-0.05, 0) is 13.8 Å². The van der Waals surface area contributed by atoms with E-state index in [1.54, 1.807) is 0 Å². The Bertz CT molecular complexity index is 59.5. The van der Waals surface area contributed by atoms with E-state index < -0.39 is 0 Å². The van der Waals surface area contributed by atoms with Gasteiger partial charge in [0, 0.05) is 25.2 Å². The SMILES string of the molecule is Br.CC1CNC(C)CN1. The molecule has 1 rings (SSSR count). The average Bonchev–Trinajstić information content (AvgIpc) is 1.77. The maximum Gasteiger partial charge on any atom is 0.0164 e. The second-order valence-corrected chi connectivity index (χ2v) is 2.62. The van der Waals surface area contributed by atoms with Crippen LogP contribution in [0.1, 0.15) is 13.8 Å². The van der Waals surface area contributed by atoms with E-state index in [1.807, 2.05) is 0 Å². The van der Waals surface area contributed by atoms with Crippen LogP contribution in [0.3, 0.4) is 0 Å². The quantitative estimate of drug-likeness (QED) is 0.589. The van der Waals surface area contributed by atoms with Crippen molar-refractivity contribution < 1.29 is 0 Å². The number of hydrogen-bond donors (Lipinski definition) is 2. The third kappa shape index (κ3) is 3.18. The minimum absolute atomic E-state index is 0. The van der Waals surface area contributed by atoms with Gasteiger partial charge in [0.05, 0.1) is 0 Å². The molecule has 0 amide bonds. The molecule has 0 radical (unpaired) electrons. The molecule has 1 heterocycles. The number of piperazine rings is 1. The molecule has 3 heteroatoms. The van der Waals surface area contributed by atoms with Gasteiger partial charge in [0.1, 0.15) is 0 Å². The number of rotatable bonds is 0. The van der Waals surface area contributed by atoms with Crippen LogP contribution in [0, 0.1) is 0 Å². The van der Waals surface area contributed by atoms with E-state index in [9.17, 15) is 0 Å². The summed E-state index contributed by atoms with van der Waals surface area (Å²) >= 11 is 0. The lowest BCUT2D eigenvalue weighted by molar-refractivity contribution is 0.376. The molecule has 0 aliphatic carbocycles. The van der Waals surface area contributed by atoms with Crippen LogP contribution in [-0.4, -0.2) is 25.2 Å². The van der Waals surface area contributed by atoms with E-state index in [0.717, 1.165) is 13.1 Å². The minimum Gasteiger partial charge on any atom is -0.311 e. The maximum absolute atomic E-state index is 3.37. The first kappa shape index (κ1) is 9.40. The predicted molar refractivity (Wildman–Crippen MR) is 45.3 cm³/mol. The molecule has 0 aromatic heterocycles. The van der Waals surface area contributed by atoms with Gasteiger partial charge in [0.2, 0.25) is 0 Å². The summed E-state index contributed by atoms with van der Waals surface area (Å²) in [6.07, 6.45) is 0. The topological polar surface area (TPSA) is 24.1 Å². The van der Waals surface area contributed by atoms with Crippen molar-refractivity contribution in [1.82, 2.24) is 10.6 Å². The Morgan fingerprint density at radius 2 is 1.33 bits per heavy atom. The molecule has 0 aromatic rings. The monoisotopic (exact) mass is 194 g/mol. The van der Waals surface area contributed by atoms with E-state index in [-0.39, 0.29) is 17.0 Å². The average molecular weight is 195 g/mol. The number of hydrogen-bond acceptors (Lipinski definition) is 2. The Kier molecular flexibility index (Phi) is 4.44. The van der Waals surface area contributed by atoms with Crippen molar-refractivity contribution in [2.75, 3.05) is 13.1 Å². The zero-order chi connectivity index (χ0) is 5.98. The molecular formula is C6H15BrN2. The summed E-state index contributed by atoms with van der Waals surface area (Å²) in [4.78, 5) is 0. The fraction of sp³-hybridized carbons (Fsp3) is 1.00. The van der Waals surface area contributed by atoms with Gasteiger partial charge in [-0.2, -0.15) is 0 Å². The van der Waals surface area contributed by atoms with E-state index in [2.05, 4.69) is 24.5 Å². The molecular weight excluding hydrogens is 180 g/mol. The van der Waals surface area contributed by atoms with Gasteiger partial charge in [-0.25, -0.2) is 0 Å². The third-order valence-corrected chi connectivity index (χ3v) is 1.54. The molecule has 2 atom stereocenters. The molecule has 0 bridgehead atoms. The van der Waals surface area contributed by atoms with E-state index in [4.69, 9.17) is 0 Å². The van der Waals surface area contributed by atoms with Crippen molar-refractivity contribution in [2.24, 2.45) is 0 Å². The molecule has 0 spiro atoms. The van der Waals surface area contributed by atoms with Crippen molar-refractivity contribution in [3.8, 4) is 0 Å². The molecule has 1 saturated heterocycles.